The quantitative estimate of drug-likeness (QED) is 0.598. The minimum absolute atomic E-state index is 0.317. The monoisotopic (exact) mass is 159 g/mol. The fraction of sp³-hybridized carbons (Fsp3) is 0.714. The van der Waals surface area contributed by atoms with Crippen LogP contribution in [-0.4, -0.2) is 23.5 Å². The summed E-state index contributed by atoms with van der Waals surface area (Å²) in [7, 11) is 0. The lowest BCUT2D eigenvalue weighted by Crippen LogP contribution is -2.35. The zero-order valence-corrected chi connectivity index (χ0v) is 6.70. The van der Waals surface area contributed by atoms with Crippen LogP contribution in [0, 0.1) is 5.92 Å². The van der Waals surface area contributed by atoms with Gasteiger partial charge in [0.15, 0.2) is 0 Å². The van der Waals surface area contributed by atoms with Crippen LogP contribution in [0.2, 0.25) is 0 Å². The molecule has 0 radical (unpaired) electrons. The predicted molar refractivity (Wildman–Crippen MR) is 40.5 cm³/mol. The molecule has 1 atom stereocenters. The first-order valence-corrected chi connectivity index (χ1v) is 3.51. The van der Waals surface area contributed by atoms with Crippen molar-refractivity contribution in [1.29, 1.82) is 0 Å². The summed E-state index contributed by atoms with van der Waals surface area (Å²) < 4.78 is 0. The maximum Gasteiger partial charge on any atom is 0.405 e. The molecule has 0 saturated heterocycles. The Bertz CT molecular complexity index is 145. The van der Waals surface area contributed by atoms with Crippen LogP contribution >= 0.6 is 0 Å². The molecule has 0 unspecified atom stereocenters. The molecule has 0 bridgehead atoms. The van der Waals surface area contributed by atoms with Crippen molar-refractivity contribution in [2.75, 3.05) is 0 Å². The molecule has 0 aromatic carbocycles. The zero-order valence-electron chi connectivity index (χ0n) is 6.70. The van der Waals surface area contributed by atoms with Gasteiger partial charge in [-0.2, -0.15) is 0 Å². The van der Waals surface area contributed by atoms with E-state index in [0.29, 0.717) is 18.6 Å². The van der Waals surface area contributed by atoms with Gasteiger partial charge in [-0.05, 0) is 12.3 Å². The van der Waals surface area contributed by atoms with Crippen LogP contribution in [0.15, 0.2) is 0 Å². The summed E-state index contributed by atoms with van der Waals surface area (Å²) in [4.78, 5) is 20.3. The number of nitrogens with one attached hydrogen (secondary N) is 1. The number of carboxylic acid groups (broad SMARTS) is 1. The molecule has 0 aromatic rings. The van der Waals surface area contributed by atoms with Gasteiger partial charge in [0.2, 0.25) is 0 Å². The topological polar surface area (TPSA) is 66.4 Å². The van der Waals surface area contributed by atoms with E-state index < -0.39 is 12.1 Å². The third-order valence-corrected chi connectivity index (χ3v) is 1.20. The Balaban J connectivity index is 3.76. The molecule has 0 aliphatic heterocycles. The minimum atomic E-state index is -1.15. The average molecular weight is 159 g/mol. The van der Waals surface area contributed by atoms with E-state index in [2.05, 4.69) is 5.32 Å². The van der Waals surface area contributed by atoms with Crippen molar-refractivity contribution in [2.24, 2.45) is 5.92 Å². The third kappa shape index (κ3) is 5.39. The molecule has 0 spiro atoms. The first-order chi connectivity index (χ1) is 5.06. The highest BCUT2D eigenvalue weighted by Gasteiger charge is 2.10. The second-order valence-corrected chi connectivity index (χ2v) is 2.82. The van der Waals surface area contributed by atoms with Gasteiger partial charge in [0.1, 0.15) is 6.29 Å². The summed E-state index contributed by atoms with van der Waals surface area (Å²) in [5.41, 5.74) is 0. The summed E-state index contributed by atoms with van der Waals surface area (Å²) in [6.45, 7) is 3.86. The van der Waals surface area contributed by atoms with Crippen molar-refractivity contribution in [1.82, 2.24) is 5.32 Å². The lowest BCUT2D eigenvalue weighted by Gasteiger charge is -2.11. The Hall–Kier alpha value is -1.06. The Morgan fingerprint density at radius 3 is 2.45 bits per heavy atom. The largest absolute Gasteiger partial charge is 0.465 e. The van der Waals surface area contributed by atoms with Crippen LogP contribution in [0.3, 0.4) is 0 Å². The smallest absolute Gasteiger partial charge is 0.405 e. The molecular formula is C7H13NO3. The van der Waals surface area contributed by atoms with Gasteiger partial charge in [0.05, 0.1) is 6.04 Å². The molecule has 0 aliphatic rings. The van der Waals surface area contributed by atoms with Gasteiger partial charge in [-0.15, -0.1) is 0 Å². The molecule has 4 nitrogen and oxygen atoms in total. The molecular weight excluding hydrogens is 146 g/mol. The van der Waals surface area contributed by atoms with Crippen molar-refractivity contribution >= 4 is 12.4 Å². The first kappa shape index (κ1) is 9.94. The Morgan fingerprint density at radius 1 is 1.64 bits per heavy atom. The standard InChI is InChI=1S/C7H13NO3/c1-5(2)3-6(4-9)8-7(10)11/h4-6,8H,3H2,1-2H3,(H,10,11)/t6-/m1/s1. The Labute approximate surface area is 65.6 Å². The second-order valence-electron chi connectivity index (χ2n) is 2.82. The number of amides is 1. The molecule has 1 amide bonds. The summed E-state index contributed by atoms with van der Waals surface area (Å²) in [6, 6.07) is -0.563. The number of carbonyl (C=O) groups excluding carboxylic acids is 1. The van der Waals surface area contributed by atoms with Crippen molar-refractivity contribution in [3.8, 4) is 0 Å². The number of rotatable bonds is 4. The summed E-state index contributed by atoms with van der Waals surface area (Å²) >= 11 is 0. The Morgan fingerprint density at radius 2 is 2.18 bits per heavy atom. The lowest BCUT2D eigenvalue weighted by atomic mass is 10.1. The van der Waals surface area contributed by atoms with Gasteiger partial charge in [-0.3, -0.25) is 0 Å². The van der Waals surface area contributed by atoms with Crippen LogP contribution < -0.4 is 5.32 Å². The maximum atomic E-state index is 10.3. The molecule has 0 rings (SSSR count). The number of hydrogen-bond donors (Lipinski definition) is 2. The molecule has 0 aliphatic carbocycles. The van der Waals surface area contributed by atoms with E-state index in [1.54, 1.807) is 0 Å². The van der Waals surface area contributed by atoms with E-state index in [0.717, 1.165) is 0 Å². The summed E-state index contributed by atoms with van der Waals surface area (Å²) in [5, 5.41) is 10.4. The summed E-state index contributed by atoms with van der Waals surface area (Å²) in [5.74, 6) is 0.317. The van der Waals surface area contributed by atoms with Crippen LogP contribution in [-0.2, 0) is 4.79 Å². The van der Waals surface area contributed by atoms with E-state index in [1.807, 2.05) is 13.8 Å². The van der Waals surface area contributed by atoms with Crippen LogP contribution in [0.25, 0.3) is 0 Å². The van der Waals surface area contributed by atoms with E-state index in [4.69, 9.17) is 5.11 Å². The molecule has 0 fully saturated rings. The van der Waals surface area contributed by atoms with Gasteiger partial charge < -0.3 is 15.2 Å². The molecule has 0 aromatic heterocycles. The number of hydrogen-bond acceptors (Lipinski definition) is 2. The van der Waals surface area contributed by atoms with Gasteiger partial charge in [-0.1, -0.05) is 13.8 Å². The molecule has 4 heteroatoms. The SMILES string of the molecule is CC(C)C[C@H](C=O)NC(=O)O. The van der Waals surface area contributed by atoms with Gasteiger partial charge in [0.25, 0.3) is 0 Å². The molecule has 0 saturated carbocycles. The highest BCUT2D eigenvalue weighted by Crippen LogP contribution is 2.02. The highest BCUT2D eigenvalue weighted by molar-refractivity contribution is 5.71. The van der Waals surface area contributed by atoms with Crippen molar-refractivity contribution < 1.29 is 14.7 Å². The fourth-order valence-electron chi connectivity index (χ4n) is 0.815. The average Bonchev–Trinajstić information content (AvgIpc) is 1.84. The normalized spacial score (nSPS) is 12.6. The number of carbonyl (C=O) groups is 2. The van der Waals surface area contributed by atoms with E-state index in [1.165, 1.54) is 0 Å². The lowest BCUT2D eigenvalue weighted by molar-refractivity contribution is -0.109. The van der Waals surface area contributed by atoms with Gasteiger partial charge in [-0.25, -0.2) is 4.79 Å². The van der Waals surface area contributed by atoms with Gasteiger partial charge in [0, 0.05) is 0 Å². The Kier molecular flexibility index (Phi) is 4.26. The predicted octanol–water partition coefficient (Wildman–Crippen LogP) is 0.868. The van der Waals surface area contributed by atoms with E-state index in [9.17, 15) is 9.59 Å². The highest BCUT2D eigenvalue weighted by atomic mass is 16.4. The van der Waals surface area contributed by atoms with E-state index >= 15 is 0 Å². The zero-order chi connectivity index (χ0) is 8.85. The number of aldehydes is 1. The van der Waals surface area contributed by atoms with Crippen molar-refractivity contribution in [2.45, 2.75) is 26.3 Å². The van der Waals surface area contributed by atoms with Crippen LogP contribution in [0.5, 0.6) is 0 Å². The van der Waals surface area contributed by atoms with Crippen molar-refractivity contribution in [3.63, 3.8) is 0 Å². The van der Waals surface area contributed by atoms with Crippen LogP contribution in [0.1, 0.15) is 20.3 Å². The van der Waals surface area contributed by atoms with E-state index in [-0.39, 0.29) is 0 Å². The third-order valence-electron chi connectivity index (χ3n) is 1.20. The maximum absolute atomic E-state index is 10.3. The fourth-order valence-corrected chi connectivity index (χ4v) is 0.815. The van der Waals surface area contributed by atoms with Crippen molar-refractivity contribution in [3.05, 3.63) is 0 Å². The summed E-state index contributed by atoms with van der Waals surface area (Å²) in [6.07, 6.45) is 0.0203. The minimum Gasteiger partial charge on any atom is -0.465 e. The second kappa shape index (κ2) is 4.71. The van der Waals surface area contributed by atoms with Gasteiger partial charge >= 0.3 is 6.09 Å². The molecule has 11 heavy (non-hydrogen) atoms. The molecule has 0 heterocycles. The molecule has 2 N–H and O–H groups in total. The first-order valence-electron chi connectivity index (χ1n) is 3.51. The molecule has 64 valence electrons. The van der Waals surface area contributed by atoms with Crippen LogP contribution in [0.4, 0.5) is 4.79 Å².